The van der Waals surface area contributed by atoms with Crippen LogP contribution in [0.3, 0.4) is 0 Å². The highest BCUT2D eigenvalue weighted by Crippen LogP contribution is 2.22. The normalized spacial score (nSPS) is 16.7. The largest absolute Gasteiger partial charge is 0.381 e. The monoisotopic (exact) mass is 363 g/mol. The number of piperidine rings is 1. The number of primary amides is 1. The fourth-order valence-electron chi connectivity index (χ4n) is 2.07. The first-order chi connectivity index (χ1) is 8.56. The zero-order valence-electron chi connectivity index (χ0n) is 9.83. The van der Waals surface area contributed by atoms with Crippen molar-refractivity contribution in [2.24, 2.45) is 5.73 Å². The van der Waals surface area contributed by atoms with Crippen LogP contribution >= 0.6 is 22.6 Å². The van der Waals surface area contributed by atoms with Gasteiger partial charge in [-0.15, -0.1) is 0 Å². The van der Waals surface area contributed by atoms with E-state index in [2.05, 4.69) is 27.9 Å². The molecule has 1 aromatic carbocycles. The molecule has 6 heteroatoms. The second kappa shape index (κ2) is 5.73. The first-order valence-corrected chi connectivity index (χ1v) is 6.90. The van der Waals surface area contributed by atoms with Gasteiger partial charge in [0.25, 0.3) is 0 Å². The highest BCUT2D eigenvalue weighted by atomic mass is 127. The van der Waals surface area contributed by atoms with Crippen molar-refractivity contribution in [3.63, 3.8) is 0 Å². The van der Waals surface area contributed by atoms with E-state index in [1.807, 2.05) is 0 Å². The van der Waals surface area contributed by atoms with E-state index in [0.717, 1.165) is 22.1 Å². The standard InChI is InChI=1S/C12H15FIN3O/c13-8-1-2-11(10(14)7-8)16-9-3-5-17(6-4-9)12(15)18/h1-2,7,9,16H,3-6H2,(H2,15,18). The second-order valence-electron chi connectivity index (χ2n) is 4.37. The van der Waals surface area contributed by atoms with Gasteiger partial charge < -0.3 is 16.0 Å². The number of hydrogen-bond donors (Lipinski definition) is 2. The summed E-state index contributed by atoms with van der Waals surface area (Å²) in [6.45, 7) is 1.34. The zero-order chi connectivity index (χ0) is 13.1. The molecule has 0 radical (unpaired) electrons. The van der Waals surface area contributed by atoms with Crippen molar-refractivity contribution in [3.8, 4) is 0 Å². The van der Waals surface area contributed by atoms with Crippen molar-refractivity contribution in [1.29, 1.82) is 0 Å². The lowest BCUT2D eigenvalue weighted by Gasteiger charge is -2.31. The van der Waals surface area contributed by atoms with E-state index in [1.165, 1.54) is 12.1 Å². The van der Waals surface area contributed by atoms with Crippen LogP contribution in [0.25, 0.3) is 0 Å². The number of halogens is 2. The van der Waals surface area contributed by atoms with Gasteiger partial charge in [0.2, 0.25) is 0 Å². The molecule has 2 rings (SSSR count). The number of likely N-dealkylation sites (tertiary alicyclic amines) is 1. The Hall–Kier alpha value is -1.05. The van der Waals surface area contributed by atoms with Crippen LogP contribution in [-0.2, 0) is 0 Å². The number of nitrogens with one attached hydrogen (secondary N) is 1. The van der Waals surface area contributed by atoms with Gasteiger partial charge in [-0.1, -0.05) is 0 Å². The Morgan fingerprint density at radius 2 is 2.11 bits per heavy atom. The fourth-order valence-corrected chi connectivity index (χ4v) is 2.70. The highest BCUT2D eigenvalue weighted by molar-refractivity contribution is 14.1. The van der Waals surface area contributed by atoms with Crippen LogP contribution in [-0.4, -0.2) is 30.1 Å². The van der Waals surface area contributed by atoms with E-state index in [1.54, 1.807) is 11.0 Å². The van der Waals surface area contributed by atoms with Gasteiger partial charge in [-0.05, 0) is 53.6 Å². The smallest absolute Gasteiger partial charge is 0.314 e. The second-order valence-corrected chi connectivity index (χ2v) is 5.53. The molecule has 2 amide bonds. The molecule has 0 atom stereocenters. The molecule has 1 saturated heterocycles. The quantitative estimate of drug-likeness (QED) is 0.793. The molecular weight excluding hydrogens is 348 g/mol. The number of benzene rings is 1. The molecule has 0 spiro atoms. The topological polar surface area (TPSA) is 58.4 Å². The van der Waals surface area contributed by atoms with Gasteiger partial charge in [-0.25, -0.2) is 9.18 Å². The summed E-state index contributed by atoms with van der Waals surface area (Å²) in [6.07, 6.45) is 1.72. The molecule has 0 unspecified atom stereocenters. The summed E-state index contributed by atoms with van der Waals surface area (Å²) in [5.74, 6) is -0.228. The van der Waals surface area contributed by atoms with E-state index < -0.39 is 0 Å². The van der Waals surface area contributed by atoms with Crippen LogP contribution in [0.15, 0.2) is 18.2 Å². The summed E-state index contributed by atoms with van der Waals surface area (Å²) < 4.78 is 13.8. The molecule has 0 bridgehead atoms. The molecule has 4 nitrogen and oxygen atoms in total. The number of anilines is 1. The molecule has 0 aliphatic carbocycles. The van der Waals surface area contributed by atoms with Gasteiger partial charge in [-0.2, -0.15) is 0 Å². The van der Waals surface area contributed by atoms with E-state index in [-0.39, 0.29) is 11.8 Å². The Morgan fingerprint density at radius 1 is 1.44 bits per heavy atom. The van der Waals surface area contributed by atoms with Gasteiger partial charge in [0.05, 0.1) is 0 Å². The molecule has 1 aliphatic heterocycles. The number of carbonyl (C=O) groups excluding carboxylic acids is 1. The van der Waals surface area contributed by atoms with Crippen molar-refractivity contribution >= 4 is 34.3 Å². The van der Waals surface area contributed by atoms with Crippen LogP contribution in [0.4, 0.5) is 14.9 Å². The number of rotatable bonds is 2. The highest BCUT2D eigenvalue weighted by Gasteiger charge is 2.21. The first kappa shape index (κ1) is 13.4. The Labute approximate surface area is 119 Å². The Kier molecular flexibility index (Phi) is 4.26. The van der Waals surface area contributed by atoms with Crippen molar-refractivity contribution < 1.29 is 9.18 Å². The number of urea groups is 1. The van der Waals surface area contributed by atoms with E-state index >= 15 is 0 Å². The average Bonchev–Trinajstić information content (AvgIpc) is 2.33. The van der Waals surface area contributed by atoms with Crippen LogP contribution in [0.2, 0.25) is 0 Å². The summed E-state index contributed by atoms with van der Waals surface area (Å²) in [4.78, 5) is 12.6. The minimum Gasteiger partial charge on any atom is -0.381 e. The molecule has 3 N–H and O–H groups in total. The van der Waals surface area contributed by atoms with Gasteiger partial charge in [0.15, 0.2) is 0 Å². The molecule has 1 fully saturated rings. The predicted octanol–water partition coefficient (Wildman–Crippen LogP) is 2.39. The minimum atomic E-state index is -0.357. The Bertz CT molecular complexity index is 447. The predicted molar refractivity (Wildman–Crippen MR) is 76.9 cm³/mol. The third kappa shape index (κ3) is 3.24. The maximum atomic E-state index is 13.0. The van der Waals surface area contributed by atoms with E-state index in [9.17, 15) is 9.18 Å². The molecule has 1 aliphatic rings. The summed E-state index contributed by atoms with van der Waals surface area (Å²) in [7, 11) is 0. The van der Waals surface area contributed by atoms with Gasteiger partial charge in [-0.3, -0.25) is 0 Å². The van der Waals surface area contributed by atoms with Crippen LogP contribution < -0.4 is 11.1 Å². The third-order valence-corrected chi connectivity index (χ3v) is 3.99. The lowest BCUT2D eigenvalue weighted by molar-refractivity contribution is 0.193. The van der Waals surface area contributed by atoms with Gasteiger partial charge in [0.1, 0.15) is 5.82 Å². The maximum absolute atomic E-state index is 13.0. The van der Waals surface area contributed by atoms with Gasteiger partial charge >= 0.3 is 6.03 Å². The summed E-state index contributed by atoms with van der Waals surface area (Å²) in [6, 6.07) is 4.64. The summed E-state index contributed by atoms with van der Waals surface area (Å²) in [5.41, 5.74) is 6.17. The fraction of sp³-hybridized carbons (Fsp3) is 0.417. The van der Waals surface area contributed by atoms with Crippen molar-refractivity contribution in [1.82, 2.24) is 4.90 Å². The van der Waals surface area contributed by atoms with Crippen LogP contribution in [0, 0.1) is 9.39 Å². The molecule has 1 aromatic rings. The number of carbonyl (C=O) groups is 1. The number of hydrogen-bond acceptors (Lipinski definition) is 2. The first-order valence-electron chi connectivity index (χ1n) is 5.82. The van der Waals surface area contributed by atoms with Crippen molar-refractivity contribution in [2.45, 2.75) is 18.9 Å². The van der Waals surface area contributed by atoms with Gasteiger partial charge in [0, 0.05) is 28.4 Å². The average molecular weight is 363 g/mol. The number of amides is 2. The van der Waals surface area contributed by atoms with Crippen molar-refractivity contribution in [2.75, 3.05) is 18.4 Å². The number of nitrogens with two attached hydrogens (primary N) is 1. The minimum absolute atomic E-state index is 0.228. The summed E-state index contributed by atoms with van der Waals surface area (Å²) in [5, 5.41) is 3.38. The Balaban J connectivity index is 1.93. The molecule has 1 heterocycles. The number of nitrogens with zero attached hydrogens (tertiary/aromatic N) is 1. The lowest BCUT2D eigenvalue weighted by atomic mass is 10.0. The van der Waals surface area contributed by atoms with Crippen molar-refractivity contribution in [3.05, 3.63) is 27.6 Å². The third-order valence-electron chi connectivity index (χ3n) is 3.10. The van der Waals surface area contributed by atoms with E-state index in [4.69, 9.17) is 5.73 Å². The van der Waals surface area contributed by atoms with E-state index in [0.29, 0.717) is 19.1 Å². The molecule has 0 aromatic heterocycles. The molecular formula is C12H15FIN3O. The molecule has 98 valence electrons. The SMILES string of the molecule is NC(=O)N1CCC(Nc2ccc(F)cc2I)CC1. The molecule has 18 heavy (non-hydrogen) atoms. The van der Waals surface area contributed by atoms with Crippen LogP contribution in [0.5, 0.6) is 0 Å². The molecule has 0 saturated carbocycles. The maximum Gasteiger partial charge on any atom is 0.314 e. The Morgan fingerprint density at radius 3 is 2.67 bits per heavy atom. The summed E-state index contributed by atoms with van der Waals surface area (Å²) >= 11 is 2.11. The van der Waals surface area contributed by atoms with Crippen LogP contribution in [0.1, 0.15) is 12.8 Å². The lowest BCUT2D eigenvalue weighted by Crippen LogP contribution is -2.44. The zero-order valence-corrected chi connectivity index (χ0v) is 12.0.